The topological polar surface area (TPSA) is 9.23 Å². The maximum Gasteiger partial charge on any atom is 0.416 e. The SMILES string of the molecule is COc1cc(C(F)(F)F)ccc1CCBr. The number of hydrogen-bond donors (Lipinski definition) is 0. The van der Waals surface area contributed by atoms with E-state index < -0.39 is 11.7 Å². The largest absolute Gasteiger partial charge is 0.496 e. The number of benzene rings is 1. The summed E-state index contributed by atoms with van der Waals surface area (Å²) in [6, 6.07) is 3.54. The minimum absolute atomic E-state index is 0.282. The van der Waals surface area contributed by atoms with E-state index in [1.165, 1.54) is 13.2 Å². The summed E-state index contributed by atoms with van der Waals surface area (Å²) in [5.74, 6) is 0.282. The molecule has 0 N–H and O–H groups in total. The summed E-state index contributed by atoms with van der Waals surface area (Å²) >= 11 is 3.23. The summed E-state index contributed by atoms with van der Waals surface area (Å²) in [7, 11) is 1.37. The molecule has 15 heavy (non-hydrogen) atoms. The van der Waals surface area contributed by atoms with Gasteiger partial charge in [-0.2, -0.15) is 13.2 Å². The Labute approximate surface area is 94.4 Å². The highest BCUT2D eigenvalue weighted by molar-refractivity contribution is 9.09. The molecule has 1 nitrogen and oxygen atoms in total. The third-order valence-electron chi connectivity index (χ3n) is 1.98. The first-order valence-electron chi connectivity index (χ1n) is 4.29. The summed E-state index contributed by atoms with van der Waals surface area (Å²) in [6.07, 6.45) is -3.68. The Morgan fingerprint density at radius 3 is 2.47 bits per heavy atom. The van der Waals surface area contributed by atoms with Crippen molar-refractivity contribution in [3.05, 3.63) is 29.3 Å². The van der Waals surface area contributed by atoms with E-state index in [0.717, 1.165) is 17.7 Å². The summed E-state index contributed by atoms with van der Waals surface area (Å²) in [5, 5.41) is 0.689. The Balaban J connectivity index is 3.08. The van der Waals surface area contributed by atoms with Gasteiger partial charge in [0.2, 0.25) is 0 Å². The standard InChI is InChI=1S/C10H10BrF3O/c1-15-9-6-8(10(12,13)14)3-2-7(9)4-5-11/h2-3,6H,4-5H2,1H3. The van der Waals surface area contributed by atoms with Crippen LogP contribution >= 0.6 is 15.9 Å². The van der Waals surface area contributed by atoms with Crippen molar-refractivity contribution in [3.63, 3.8) is 0 Å². The van der Waals surface area contributed by atoms with Gasteiger partial charge in [0.15, 0.2) is 0 Å². The molecular weight excluding hydrogens is 273 g/mol. The number of methoxy groups -OCH3 is 1. The number of hydrogen-bond acceptors (Lipinski definition) is 1. The number of aryl methyl sites for hydroxylation is 1. The van der Waals surface area contributed by atoms with Crippen LogP contribution in [-0.2, 0) is 12.6 Å². The lowest BCUT2D eigenvalue weighted by Gasteiger charge is -2.11. The van der Waals surface area contributed by atoms with Gasteiger partial charge < -0.3 is 4.74 Å². The van der Waals surface area contributed by atoms with Gasteiger partial charge in [0, 0.05) is 5.33 Å². The van der Waals surface area contributed by atoms with E-state index in [-0.39, 0.29) is 5.75 Å². The van der Waals surface area contributed by atoms with Crippen molar-refractivity contribution in [2.45, 2.75) is 12.6 Å². The Kier molecular flexibility index (Phi) is 4.02. The van der Waals surface area contributed by atoms with Crippen molar-refractivity contribution in [3.8, 4) is 5.75 Å². The second-order valence-corrected chi connectivity index (χ2v) is 3.76. The lowest BCUT2D eigenvalue weighted by Crippen LogP contribution is -2.06. The maximum atomic E-state index is 12.4. The van der Waals surface area contributed by atoms with Crippen molar-refractivity contribution in [2.24, 2.45) is 0 Å². The van der Waals surface area contributed by atoms with Crippen LogP contribution in [-0.4, -0.2) is 12.4 Å². The van der Waals surface area contributed by atoms with Gasteiger partial charge >= 0.3 is 6.18 Å². The van der Waals surface area contributed by atoms with E-state index in [4.69, 9.17) is 4.74 Å². The highest BCUT2D eigenvalue weighted by Crippen LogP contribution is 2.33. The van der Waals surface area contributed by atoms with Crippen LogP contribution in [0.1, 0.15) is 11.1 Å². The van der Waals surface area contributed by atoms with Gasteiger partial charge in [0.25, 0.3) is 0 Å². The molecule has 0 amide bonds. The van der Waals surface area contributed by atoms with E-state index in [1.54, 1.807) is 0 Å². The fraction of sp³-hybridized carbons (Fsp3) is 0.400. The average molecular weight is 283 g/mol. The number of rotatable bonds is 3. The molecule has 0 atom stereocenters. The summed E-state index contributed by atoms with van der Waals surface area (Å²) < 4.78 is 42.0. The molecule has 0 unspecified atom stereocenters. The average Bonchev–Trinajstić information content (AvgIpc) is 2.17. The van der Waals surface area contributed by atoms with Gasteiger partial charge in [0.05, 0.1) is 12.7 Å². The first-order valence-corrected chi connectivity index (χ1v) is 5.41. The Morgan fingerprint density at radius 2 is 2.00 bits per heavy atom. The molecule has 0 fully saturated rings. The van der Waals surface area contributed by atoms with Gasteiger partial charge in [-0.25, -0.2) is 0 Å². The zero-order valence-corrected chi connectivity index (χ0v) is 9.65. The van der Waals surface area contributed by atoms with Crippen LogP contribution < -0.4 is 4.74 Å². The number of halogens is 4. The molecule has 5 heteroatoms. The monoisotopic (exact) mass is 282 g/mol. The molecule has 0 aromatic heterocycles. The van der Waals surface area contributed by atoms with Crippen molar-refractivity contribution in [2.75, 3.05) is 12.4 Å². The quantitative estimate of drug-likeness (QED) is 0.769. The molecule has 1 rings (SSSR count). The molecule has 0 aliphatic rings. The van der Waals surface area contributed by atoms with Crippen LogP contribution in [0.3, 0.4) is 0 Å². The van der Waals surface area contributed by atoms with Crippen LogP contribution in [0, 0.1) is 0 Å². The van der Waals surface area contributed by atoms with Crippen LogP contribution in [0.25, 0.3) is 0 Å². The molecule has 0 aliphatic carbocycles. The van der Waals surface area contributed by atoms with Gasteiger partial charge in [-0.3, -0.25) is 0 Å². The van der Waals surface area contributed by atoms with E-state index in [2.05, 4.69) is 15.9 Å². The predicted molar refractivity (Wildman–Crippen MR) is 55.5 cm³/mol. The third kappa shape index (κ3) is 3.12. The summed E-state index contributed by atoms with van der Waals surface area (Å²) in [4.78, 5) is 0. The molecular formula is C10H10BrF3O. The minimum atomic E-state index is -4.32. The third-order valence-corrected chi connectivity index (χ3v) is 2.37. The van der Waals surface area contributed by atoms with Crippen molar-refractivity contribution >= 4 is 15.9 Å². The Bertz CT molecular complexity index is 336. The molecule has 0 radical (unpaired) electrons. The van der Waals surface area contributed by atoms with E-state index >= 15 is 0 Å². The number of alkyl halides is 4. The molecule has 1 aromatic carbocycles. The predicted octanol–water partition coefficient (Wildman–Crippen LogP) is 3.65. The lowest BCUT2D eigenvalue weighted by atomic mass is 10.1. The summed E-state index contributed by atoms with van der Waals surface area (Å²) in [5.41, 5.74) is 0.0834. The highest BCUT2D eigenvalue weighted by Gasteiger charge is 2.31. The van der Waals surface area contributed by atoms with Crippen molar-refractivity contribution < 1.29 is 17.9 Å². The molecule has 0 spiro atoms. The summed E-state index contributed by atoms with van der Waals surface area (Å²) in [6.45, 7) is 0. The van der Waals surface area contributed by atoms with Crippen molar-refractivity contribution in [1.29, 1.82) is 0 Å². The fourth-order valence-electron chi connectivity index (χ4n) is 1.23. The normalized spacial score (nSPS) is 11.5. The van der Waals surface area contributed by atoms with Gasteiger partial charge in [0.1, 0.15) is 5.75 Å². The number of ether oxygens (including phenoxy) is 1. The van der Waals surface area contributed by atoms with Crippen LogP contribution in [0.5, 0.6) is 5.75 Å². The molecule has 0 heterocycles. The van der Waals surface area contributed by atoms with Gasteiger partial charge in [-0.05, 0) is 24.1 Å². The second kappa shape index (κ2) is 4.88. The zero-order valence-electron chi connectivity index (χ0n) is 8.07. The van der Waals surface area contributed by atoms with Gasteiger partial charge in [-0.1, -0.05) is 22.0 Å². The second-order valence-electron chi connectivity index (χ2n) is 2.96. The molecule has 0 saturated heterocycles. The highest BCUT2D eigenvalue weighted by atomic mass is 79.9. The van der Waals surface area contributed by atoms with E-state index in [0.29, 0.717) is 11.8 Å². The van der Waals surface area contributed by atoms with Crippen LogP contribution in [0.2, 0.25) is 0 Å². The molecule has 0 bridgehead atoms. The molecule has 0 saturated carbocycles. The minimum Gasteiger partial charge on any atom is -0.496 e. The van der Waals surface area contributed by atoms with E-state index in [1.807, 2.05) is 0 Å². The molecule has 84 valence electrons. The smallest absolute Gasteiger partial charge is 0.416 e. The Hall–Kier alpha value is -0.710. The molecule has 0 aliphatic heterocycles. The van der Waals surface area contributed by atoms with Crippen LogP contribution in [0.4, 0.5) is 13.2 Å². The van der Waals surface area contributed by atoms with Crippen molar-refractivity contribution in [1.82, 2.24) is 0 Å². The molecule has 1 aromatic rings. The van der Waals surface area contributed by atoms with Gasteiger partial charge in [-0.15, -0.1) is 0 Å². The fourth-order valence-corrected chi connectivity index (χ4v) is 1.66. The maximum absolute atomic E-state index is 12.4. The first-order chi connectivity index (χ1) is 6.99. The lowest BCUT2D eigenvalue weighted by molar-refractivity contribution is -0.137. The Morgan fingerprint density at radius 1 is 1.33 bits per heavy atom. The first kappa shape index (κ1) is 12.4. The van der Waals surface area contributed by atoms with E-state index in [9.17, 15) is 13.2 Å². The van der Waals surface area contributed by atoms with Crippen LogP contribution in [0.15, 0.2) is 18.2 Å². The zero-order chi connectivity index (χ0) is 11.5.